The number of aromatic nitrogens is 1. The number of benzene rings is 1. The molecule has 1 saturated carbocycles. The summed E-state index contributed by atoms with van der Waals surface area (Å²) in [6.45, 7) is 6.68. The van der Waals surface area contributed by atoms with Crippen LogP contribution < -0.4 is 0 Å². The van der Waals surface area contributed by atoms with Crippen LogP contribution in [0.25, 0.3) is 10.6 Å². The molecule has 7 heteroatoms. The fourth-order valence-corrected chi connectivity index (χ4v) is 7.64. The van der Waals surface area contributed by atoms with Gasteiger partial charge in [0.1, 0.15) is 5.01 Å². The zero-order valence-corrected chi connectivity index (χ0v) is 20.3. The lowest BCUT2D eigenvalue weighted by Crippen LogP contribution is -2.58. The third-order valence-electron chi connectivity index (χ3n) is 8.66. The minimum atomic E-state index is -0.595. The molecule has 5 atom stereocenters. The molecule has 33 heavy (non-hydrogen) atoms. The van der Waals surface area contributed by atoms with E-state index in [0.29, 0.717) is 39.1 Å². The fraction of sp³-hybridized carbons (Fsp3) is 0.615. The molecular formula is C26H34N2O4S. The quantitative estimate of drug-likeness (QED) is 0.715. The van der Waals surface area contributed by atoms with Crippen molar-refractivity contribution in [1.82, 2.24) is 9.88 Å². The lowest BCUT2D eigenvalue weighted by molar-refractivity contribution is -0.149. The summed E-state index contributed by atoms with van der Waals surface area (Å²) in [6, 6.07) is 10.2. The number of thiazole rings is 1. The fourth-order valence-electron chi connectivity index (χ4n) is 6.47. The van der Waals surface area contributed by atoms with Gasteiger partial charge in [0.05, 0.1) is 31.6 Å². The van der Waals surface area contributed by atoms with Gasteiger partial charge in [-0.15, -0.1) is 11.3 Å². The van der Waals surface area contributed by atoms with Crippen LogP contribution in [-0.2, 0) is 16.0 Å². The lowest BCUT2D eigenvalue weighted by atomic mass is 9.47. The van der Waals surface area contributed by atoms with Crippen LogP contribution in [0.2, 0.25) is 0 Å². The summed E-state index contributed by atoms with van der Waals surface area (Å²) in [4.78, 5) is 21.7. The maximum Gasteiger partial charge on any atom is 0.223 e. The summed E-state index contributed by atoms with van der Waals surface area (Å²) >= 11 is 1.70. The van der Waals surface area contributed by atoms with Crippen molar-refractivity contribution in [2.24, 2.45) is 16.7 Å². The van der Waals surface area contributed by atoms with Crippen molar-refractivity contribution in [3.05, 3.63) is 40.9 Å². The summed E-state index contributed by atoms with van der Waals surface area (Å²) in [5.41, 5.74) is 1.33. The topological polar surface area (TPSA) is 82.9 Å². The summed E-state index contributed by atoms with van der Waals surface area (Å²) < 4.78 is 5.45. The molecule has 2 fully saturated rings. The van der Waals surface area contributed by atoms with Crippen LogP contribution in [0.5, 0.6) is 0 Å². The first-order valence-electron chi connectivity index (χ1n) is 12.1. The SMILES string of the molecule is C[C@]1(CO)[C@H]2Cc3sc(-c4ccccc4)nc3[C@@H](CC(=O)N3CCOCC3)[C@]2(C)CC[C@H]1O. The number of nitrogens with zero attached hydrogens (tertiary/aromatic N) is 2. The van der Waals surface area contributed by atoms with Gasteiger partial charge in [-0.25, -0.2) is 4.98 Å². The second kappa shape index (κ2) is 8.77. The van der Waals surface area contributed by atoms with Crippen molar-refractivity contribution in [1.29, 1.82) is 0 Å². The van der Waals surface area contributed by atoms with Crippen LogP contribution in [0.4, 0.5) is 0 Å². The number of ether oxygens (including phenoxy) is 1. The first-order chi connectivity index (χ1) is 15.9. The van der Waals surface area contributed by atoms with Crippen LogP contribution in [0.15, 0.2) is 30.3 Å². The van der Waals surface area contributed by atoms with Crippen molar-refractivity contribution in [2.75, 3.05) is 32.9 Å². The molecule has 3 aliphatic rings. The normalized spacial score (nSPS) is 33.9. The zero-order valence-electron chi connectivity index (χ0n) is 19.5. The largest absolute Gasteiger partial charge is 0.396 e. The zero-order chi connectivity index (χ0) is 23.2. The van der Waals surface area contributed by atoms with Gasteiger partial charge in [0, 0.05) is 41.3 Å². The average molecular weight is 471 g/mol. The number of amides is 1. The van der Waals surface area contributed by atoms with Gasteiger partial charge < -0.3 is 19.8 Å². The smallest absolute Gasteiger partial charge is 0.223 e. The molecule has 0 radical (unpaired) electrons. The van der Waals surface area contributed by atoms with Gasteiger partial charge in [0.2, 0.25) is 5.91 Å². The third-order valence-corrected chi connectivity index (χ3v) is 9.80. The molecule has 1 aliphatic heterocycles. The molecule has 1 aromatic heterocycles. The van der Waals surface area contributed by atoms with E-state index in [9.17, 15) is 15.0 Å². The van der Waals surface area contributed by atoms with E-state index in [1.165, 1.54) is 4.88 Å². The standard InChI is InChI=1S/C26H34N2O4S/c1-25-9-8-21(30)26(2,16-29)20(25)15-19-23(27-24(33-19)17-6-4-3-5-7-17)18(25)14-22(31)28-10-12-32-13-11-28/h3-7,18,20-21,29-30H,8-16H2,1-2H3/t18-,20+,21-,25+,26+/m1/s1. The van der Waals surface area contributed by atoms with Crippen molar-refractivity contribution in [3.8, 4) is 10.6 Å². The van der Waals surface area contributed by atoms with Crippen LogP contribution >= 0.6 is 11.3 Å². The summed E-state index contributed by atoms with van der Waals surface area (Å²) in [5.74, 6) is 0.203. The van der Waals surface area contributed by atoms with E-state index in [1.807, 2.05) is 30.0 Å². The summed E-state index contributed by atoms with van der Waals surface area (Å²) in [5, 5.41) is 22.3. The van der Waals surface area contributed by atoms with Crippen LogP contribution in [0, 0.1) is 16.7 Å². The summed E-state index contributed by atoms with van der Waals surface area (Å²) in [7, 11) is 0. The summed E-state index contributed by atoms with van der Waals surface area (Å²) in [6.07, 6.45) is 2.12. The lowest BCUT2D eigenvalue weighted by Gasteiger charge is -2.58. The van der Waals surface area contributed by atoms with Crippen LogP contribution in [0.3, 0.4) is 0 Å². The van der Waals surface area contributed by atoms with E-state index < -0.39 is 11.5 Å². The molecule has 5 rings (SSSR count). The molecule has 6 nitrogen and oxygen atoms in total. The van der Waals surface area contributed by atoms with Gasteiger partial charge in [-0.3, -0.25) is 4.79 Å². The number of rotatable bonds is 4. The van der Waals surface area contributed by atoms with Gasteiger partial charge >= 0.3 is 0 Å². The second-order valence-corrected chi connectivity index (χ2v) is 11.5. The molecule has 2 aromatic rings. The van der Waals surface area contributed by atoms with E-state index in [4.69, 9.17) is 9.72 Å². The Bertz CT molecular complexity index is 1000. The highest BCUT2D eigenvalue weighted by Crippen LogP contribution is 2.63. The second-order valence-electron chi connectivity index (χ2n) is 10.4. The molecule has 1 aromatic carbocycles. The maximum atomic E-state index is 13.4. The Morgan fingerprint density at radius 1 is 1.24 bits per heavy atom. The minimum absolute atomic E-state index is 0.0336. The third kappa shape index (κ3) is 3.83. The van der Waals surface area contributed by atoms with E-state index in [1.54, 1.807) is 11.3 Å². The Hall–Kier alpha value is -1.80. The Labute approximate surface area is 199 Å². The number of morpholine rings is 1. The highest BCUT2D eigenvalue weighted by Gasteiger charge is 2.59. The molecular weight excluding hydrogens is 436 g/mol. The van der Waals surface area contributed by atoms with Crippen molar-refractivity contribution < 1.29 is 19.7 Å². The van der Waals surface area contributed by atoms with E-state index in [0.717, 1.165) is 29.1 Å². The molecule has 1 saturated heterocycles. The number of aliphatic hydroxyl groups is 2. The molecule has 0 bridgehead atoms. The van der Waals surface area contributed by atoms with Crippen molar-refractivity contribution in [3.63, 3.8) is 0 Å². The first kappa shape index (κ1) is 23.0. The minimum Gasteiger partial charge on any atom is -0.396 e. The van der Waals surface area contributed by atoms with Gasteiger partial charge in [0.15, 0.2) is 0 Å². The Balaban J connectivity index is 1.57. The van der Waals surface area contributed by atoms with Gasteiger partial charge in [-0.05, 0) is 30.6 Å². The maximum absolute atomic E-state index is 13.4. The molecule has 1 amide bonds. The van der Waals surface area contributed by atoms with Gasteiger partial charge in [-0.1, -0.05) is 44.2 Å². The van der Waals surface area contributed by atoms with Crippen molar-refractivity contribution >= 4 is 17.2 Å². The highest BCUT2D eigenvalue weighted by molar-refractivity contribution is 7.15. The number of aliphatic hydroxyl groups excluding tert-OH is 2. The molecule has 178 valence electrons. The average Bonchev–Trinajstić information content (AvgIpc) is 3.28. The number of fused-ring (bicyclic) bond motifs is 2. The number of carbonyl (C=O) groups excluding carboxylic acids is 1. The predicted octanol–water partition coefficient (Wildman–Crippen LogP) is 3.47. The molecule has 0 unspecified atom stereocenters. The first-order valence-corrected chi connectivity index (χ1v) is 12.9. The Morgan fingerprint density at radius 2 is 1.97 bits per heavy atom. The number of hydrogen-bond donors (Lipinski definition) is 2. The van der Waals surface area contributed by atoms with E-state index in [-0.39, 0.29) is 29.8 Å². The Morgan fingerprint density at radius 3 is 2.67 bits per heavy atom. The van der Waals surface area contributed by atoms with Crippen molar-refractivity contribution in [2.45, 2.75) is 51.6 Å². The van der Waals surface area contributed by atoms with Crippen LogP contribution in [-0.4, -0.2) is 65.0 Å². The number of carbonyl (C=O) groups is 1. The monoisotopic (exact) mass is 470 g/mol. The molecule has 0 spiro atoms. The van der Waals surface area contributed by atoms with Crippen LogP contribution in [0.1, 0.15) is 49.6 Å². The Kier molecular flexibility index (Phi) is 6.10. The van der Waals surface area contributed by atoms with E-state index in [2.05, 4.69) is 19.1 Å². The molecule has 2 N–H and O–H groups in total. The number of hydrogen-bond acceptors (Lipinski definition) is 6. The highest BCUT2D eigenvalue weighted by atomic mass is 32.1. The molecule has 2 aliphatic carbocycles. The van der Waals surface area contributed by atoms with E-state index >= 15 is 0 Å². The van der Waals surface area contributed by atoms with Gasteiger partial charge in [0.25, 0.3) is 0 Å². The van der Waals surface area contributed by atoms with Gasteiger partial charge in [-0.2, -0.15) is 0 Å². The predicted molar refractivity (Wildman–Crippen MR) is 128 cm³/mol. The molecule has 2 heterocycles.